The highest BCUT2D eigenvalue weighted by molar-refractivity contribution is 5.95. The zero-order chi connectivity index (χ0) is 14.8. The molecular weight excluding hydrogens is 272 g/mol. The van der Waals surface area contributed by atoms with E-state index in [1.165, 1.54) is 12.1 Å². The molecule has 0 radical (unpaired) electrons. The van der Waals surface area contributed by atoms with E-state index in [-0.39, 0.29) is 5.56 Å². The Kier molecular flexibility index (Phi) is 3.12. The minimum absolute atomic E-state index is 0.234. The van der Waals surface area contributed by atoms with E-state index in [2.05, 4.69) is 0 Å². The summed E-state index contributed by atoms with van der Waals surface area (Å²) in [7, 11) is 0. The molecule has 0 atom stereocenters. The summed E-state index contributed by atoms with van der Waals surface area (Å²) in [5.74, 6) is -1.73. The summed E-state index contributed by atoms with van der Waals surface area (Å²) in [6.07, 6.45) is 0. The van der Waals surface area contributed by atoms with Gasteiger partial charge in [0.25, 0.3) is 5.91 Å². The molecule has 0 spiro atoms. The van der Waals surface area contributed by atoms with E-state index in [0.717, 1.165) is 4.74 Å². The fourth-order valence-corrected chi connectivity index (χ4v) is 1.93. The maximum absolute atomic E-state index is 12.2. The predicted molar refractivity (Wildman–Crippen MR) is 74.7 cm³/mol. The molecule has 21 heavy (non-hydrogen) atoms. The van der Waals surface area contributed by atoms with Gasteiger partial charge in [-0.15, -0.1) is 4.74 Å². The van der Waals surface area contributed by atoms with Crippen LogP contribution in [0.4, 0.5) is 0 Å². The summed E-state index contributed by atoms with van der Waals surface area (Å²) in [5.41, 5.74) is -0.225. The van der Waals surface area contributed by atoms with Crippen molar-refractivity contribution < 1.29 is 9.32 Å². The molecule has 0 unspecified atom stereocenters. The molecule has 2 aromatic carbocycles. The molecular formula is C15H10N2O4. The van der Waals surface area contributed by atoms with Crippen molar-refractivity contribution in [2.45, 2.75) is 0 Å². The topological polar surface area (TPSA) is 74.2 Å². The van der Waals surface area contributed by atoms with Crippen LogP contribution in [-0.4, -0.2) is 15.2 Å². The maximum atomic E-state index is 12.2. The van der Waals surface area contributed by atoms with E-state index >= 15 is 0 Å². The first-order valence-corrected chi connectivity index (χ1v) is 6.19. The Morgan fingerprint density at radius 1 is 0.857 bits per heavy atom. The van der Waals surface area contributed by atoms with Crippen LogP contribution in [0.2, 0.25) is 0 Å². The van der Waals surface area contributed by atoms with Gasteiger partial charge < -0.3 is 4.52 Å². The Bertz CT molecular complexity index is 889. The van der Waals surface area contributed by atoms with Gasteiger partial charge in [0.05, 0.1) is 5.69 Å². The van der Waals surface area contributed by atoms with Gasteiger partial charge in [0.15, 0.2) is 0 Å². The highest BCUT2D eigenvalue weighted by Crippen LogP contribution is 2.03. The van der Waals surface area contributed by atoms with Crippen molar-refractivity contribution >= 4 is 5.91 Å². The van der Waals surface area contributed by atoms with Crippen molar-refractivity contribution in [1.29, 1.82) is 0 Å². The lowest BCUT2D eigenvalue weighted by Crippen LogP contribution is -2.34. The first-order chi connectivity index (χ1) is 10.2. The third-order valence-electron chi connectivity index (χ3n) is 2.93. The summed E-state index contributed by atoms with van der Waals surface area (Å²) >= 11 is 0. The quantitative estimate of drug-likeness (QED) is 0.709. The molecule has 0 saturated heterocycles. The van der Waals surface area contributed by atoms with E-state index in [4.69, 9.17) is 4.52 Å². The molecule has 0 fully saturated rings. The lowest BCUT2D eigenvalue weighted by atomic mass is 10.2. The number of carbonyl (C=O) groups is 1. The summed E-state index contributed by atoms with van der Waals surface area (Å²) in [5, 5.41) is 0. The van der Waals surface area contributed by atoms with E-state index in [9.17, 15) is 14.4 Å². The minimum Gasteiger partial charge on any atom is -0.311 e. The number of hydrogen-bond acceptors (Lipinski definition) is 4. The third kappa shape index (κ3) is 2.23. The molecule has 1 aromatic heterocycles. The smallest absolute Gasteiger partial charge is 0.311 e. The number of carbonyl (C=O) groups excluding carboxylic acids is 1. The molecule has 6 heteroatoms. The SMILES string of the molecule is O=C(c1ccccc1)n1c(=O)on(-c2ccccc2)c1=O. The average Bonchev–Trinajstić information content (AvgIpc) is 2.83. The minimum atomic E-state index is -1.02. The summed E-state index contributed by atoms with van der Waals surface area (Å²) in [6.45, 7) is 0. The van der Waals surface area contributed by atoms with Crippen molar-refractivity contribution in [1.82, 2.24) is 9.31 Å². The van der Waals surface area contributed by atoms with Crippen molar-refractivity contribution in [2.24, 2.45) is 0 Å². The molecule has 0 aliphatic carbocycles. The molecule has 0 amide bonds. The van der Waals surface area contributed by atoms with Gasteiger partial charge in [0.1, 0.15) is 0 Å². The highest BCUT2D eigenvalue weighted by Gasteiger charge is 2.20. The fraction of sp³-hybridized carbons (Fsp3) is 0. The maximum Gasteiger partial charge on any atom is 0.450 e. The number of para-hydroxylation sites is 1. The zero-order valence-electron chi connectivity index (χ0n) is 10.8. The second-order valence-corrected chi connectivity index (χ2v) is 4.28. The second kappa shape index (κ2) is 5.09. The van der Waals surface area contributed by atoms with E-state index in [1.54, 1.807) is 48.5 Å². The molecule has 3 aromatic rings. The first-order valence-electron chi connectivity index (χ1n) is 6.19. The highest BCUT2D eigenvalue weighted by atomic mass is 16.5. The van der Waals surface area contributed by atoms with Gasteiger partial charge in [-0.3, -0.25) is 4.79 Å². The van der Waals surface area contributed by atoms with Crippen LogP contribution >= 0.6 is 0 Å². The number of rotatable bonds is 2. The first kappa shape index (κ1) is 12.9. The normalized spacial score (nSPS) is 10.5. The van der Waals surface area contributed by atoms with Crippen LogP contribution in [0, 0.1) is 0 Å². The van der Waals surface area contributed by atoms with Gasteiger partial charge in [-0.1, -0.05) is 36.4 Å². The standard InChI is InChI=1S/C15H10N2O4/c18-13(11-7-3-1-4-8-11)16-14(19)17(21-15(16)20)12-9-5-2-6-10-12/h1-10H. The molecule has 0 saturated carbocycles. The third-order valence-corrected chi connectivity index (χ3v) is 2.93. The molecule has 104 valence electrons. The van der Waals surface area contributed by atoms with Crippen molar-refractivity contribution in [2.75, 3.05) is 0 Å². The summed E-state index contributed by atoms with van der Waals surface area (Å²) < 4.78 is 6.13. The summed E-state index contributed by atoms with van der Waals surface area (Å²) in [6, 6.07) is 16.4. The van der Waals surface area contributed by atoms with Crippen LogP contribution in [0.15, 0.2) is 74.8 Å². The lowest BCUT2D eigenvalue weighted by Gasteiger charge is -1.98. The molecule has 0 bridgehead atoms. The number of hydrogen-bond donors (Lipinski definition) is 0. The van der Waals surface area contributed by atoms with Gasteiger partial charge in [-0.05, 0) is 24.3 Å². The van der Waals surface area contributed by atoms with Gasteiger partial charge in [0, 0.05) is 5.56 Å². The van der Waals surface area contributed by atoms with Crippen molar-refractivity contribution in [3.63, 3.8) is 0 Å². The Morgan fingerprint density at radius 3 is 2.05 bits per heavy atom. The van der Waals surface area contributed by atoms with Crippen LogP contribution in [0.5, 0.6) is 0 Å². The monoisotopic (exact) mass is 282 g/mol. The number of benzene rings is 2. The van der Waals surface area contributed by atoms with Crippen LogP contribution in [0.1, 0.15) is 10.4 Å². The number of nitrogens with zero attached hydrogens (tertiary/aromatic N) is 2. The Labute approximate surface area is 118 Å². The molecule has 1 heterocycles. The van der Waals surface area contributed by atoms with E-state index in [0.29, 0.717) is 10.3 Å². The molecule has 0 aliphatic rings. The predicted octanol–water partition coefficient (Wildman–Crippen LogP) is 1.28. The Morgan fingerprint density at radius 2 is 1.43 bits per heavy atom. The molecule has 0 N–H and O–H groups in total. The summed E-state index contributed by atoms with van der Waals surface area (Å²) in [4.78, 5) is 36.2. The van der Waals surface area contributed by atoms with Crippen LogP contribution in [-0.2, 0) is 0 Å². The average molecular weight is 282 g/mol. The van der Waals surface area contributed by atoms with E-state index in [1.807, 2.05) is 0 Å². The Balaban J connectivity index is 2.14. The van der Waals surface area contributed by atoms with Gasteiger partial charge in [0.2, 0.25) is 0 Å². The molecule has 3 rings (SSSR count). The second-order valence-electron chi connectivity index (χ2n) is 4.28. The van der Waals surface area contributed by atoms with Crippen molar-refractivity contribution in [3.05, 3.63) is 87.3 Å². The fourth-order valence-electron chi connectivity index (χ4n) is 1.93. The van der Waals surface area contributed by atoms with Crippen LogP contribution < -0.4 is 11.4 Å². The lowest BCUT2D eigenvalue weighted by molar-refractivity contribution is 0.0949. The van der Waals surface area contributed by atoms with Gasteiger partial charge in [-0.2, -0.15) is 4.57 Å². The Hall–Kier alpha value is -3.15. The number of aromatic nitrogens is 2. The van der Waals surface area contributed by atoms with Gasteiger partial charge >= 0.3 is 11.4 Å². The zero-order valence-corrected chi connectivity index (χ0v) is 10.8. The van der Waals surface area contributed by atoms with Gasteiger partial charge in [-0.25, -0.2) is 9.59 Å². The van der Waals surface area contributed by atoms with Crippen molar-refractivity contribution in [3.8, 4) is 5.69 Å². The van der Waals surface area contributed by atoms with Crippen LogP contribution in [0.25, 0.3) is 5.69 Å². The largest absolute Gasteiger partial charge is 0.450 e. The molecule has 6 nitrogen and oxygen atoms in total. The van der Waals surface area contributed by atoms with Crippen LogP contribution in [0.3, 0.4) is 0 Å². The molecule has 0 aliphatic heterocycles. The van der Waals surface area contributed by atoms with E-state index < -0.39 is 17.4 Å².